The topological polar surface area (TPSA) is 15.3 Å². The minimum Gasteiger partial charge on any atom is -0.313 e. The quantitative estimate of drug-likeness (QED) is 0.838. The highest BCUT2D eigenvalue weighted by Crippen LogP contribution is 2.20. The van der Waals surface area contributed by atoms with Gasteiger partial charge in [0.25, 0.3) is 0 Å². The first-order valence-electron chi connectivity index (χ1n) is 6.32. The number of nitrogens with zero attached hydrogens (tertiary/aromatic N) is 1. The lowest BCUT2D eigenvalue weighted by atomic mass is 10.1. The van der Waals surface area contributed by atoms with E-state index >= 15 is 0 Å². The molecule has 1 fully saturated rings. The number of rotatable bonds is 6. The van der Waals surface area contributed by atoms with Gasteiger partial charge in [-0.05, 0) is 44.0 Å². The van der Waals surface area contributed by atoms with Crippen molar-refractivity contribution in [2.24, 2.45) is 0 Å². The molecule has 17 heavy (non-hydrogen) atoms. The largest absolute Gasteiger partial charge is 0.313 e. The Morgan fingerprint density at radius 3 is 2.88 bits per heavy atom. The lowest BCUT2D eigenvalue weighted by Gasteiger charge is -2.18. The summed E-state index contributed by atoms with van der Waals surface area (Å²) in [4.78, 5) is 2.34. The minimum atomic E-state index is 0.802. The Morgan fingerprint density at radius 1 is 1.41 bits per heavy atom. The first-order valence-corrected chi connectivity index (χ1v) is 6.70. The fourth-order valence-electron chi connectivity index (χ4n) is 1.94. The molecule has 0 spiro atoms. The Balaban J connectivity index is 1.79. The van der Waals surface area contributed by atoms with Crippen LogP contribution in [-0.2, 0) is 6.54 Å². The first-order chi connectivity index (χ1) is 8.16. The van der Waals surface area contributed by atoms with E-state index in [1.807, 2.05) is 12.1 Å². The Bertz CT molecular complexity index is 374. The van der Waals surface area contributed by atoms with Gasteiger partial charge in [-0.2, -0.15) is 0 Å². The molecule has 0 atom stereocenters. The van der Waals surface area contributed by atoms with Gasteiger partial charge in [-0.15, -0.1) is 0 Å². The van der Waals surface area contributed by atoms with Gasteiger partial charge in [0.2, 0.25) is 0 Å². The third-order valence-corrected chi connectivity index (χ3v) is 3.73. The minimum absolute atomic E-state index is 0.802. The highest BCUT2D eigenvalue weighted by Gasteiger charge is 2.19. The number of nitrogens with one attached hydrogen (secondary N) is 1. The van der Waals surface area contributed by atoms with Crippen molar-refractivity contribution in [3.8, 4) is 0 Å². The van der Waals surface area contributed by atoms with Gasteiger partial charge in [-0.3, -0.25) is 0 Å². The summed E-state index contributed by atoms with van der Waals surface area (Å²) in [6.45, 7) is 5.23. The lowest BCUT2D eigenvalue weighted by molar-refractivity contribution is 0.323. The number of hydrogen-bond acceptors (Lipinski definition) is 2. The summed E-state index contributed by atoms with van der Waals surface area (Å²) < 4.78 is 0. The standard InChI is InChI=1S/C14H21ClN2/c1-11-12(4-3-5-14(11)15)10-17(2)9-8-16-13-6-7-13/h3-5,13,16H,6-10H2,1-2H3. The normalized spacial score (nSPS) is 15.5. The van der Waals surface area contributed by atoms with E-state index in [-0.39, 0.29) is 0 Å². The van der Waals surface area contributed by atoms with Gasteiger partial charge < -0.3 is 10.2 Å². The maximum absolute atomic E-state index is 6.12. The van der Waals surface area contributed by atoms with E-state index in [0.717, 1.165) is 30.7 Å². The van der Waals surface area contributed by atoms with Gasteiger partial charge in [0.1, 0.15) is 0 Å². The van der Waals surface area contributed by atoms with Crippen LogP contribution in [0.15, 0.2) is 18.2 Å². The molecule has 1 aromatic rings. The van der Waals surface area contributed by atoms with E-state index in [1.165, 1.54) is 24.0 Å². The smallest absolute Gasteiger partial charge is 0.0438 e. The molecule has 1 aliphatic carbocycles. The molecule has 0 amide bonds. The molecule has 1 aromatic carbocycles. The second-order valence-electron chi connectivity index (χ2n) is 4.99. The molecule has 2 rings (SSSR count). The lowest BCUT2D eigenvalue weighted by Crippen LogP contribution is -2.30. The Labute approximate surface area is 109 Å². The van der Waals surface area contributed by atoms with Crippen LogP contribution < -0.4 is 5.32 Å². The zero-order valence-corrected chi connectivity index (χ0v) is 11.4. The van der Waals surface area contributed by atoms with E-state index < -0.39 is 0 Å². The van der Waals surface area contributed by atoms with Crippen LogP contribution in [0.3, 0.4) is 0 Å². The fraction of sp³-hybridized carbons (Fsp3) is 0.571. The molecule has 0 unspecified atom stereocenters. The van der Waals surface area contributed by atoms with Crippen LogP contribution >= 0.6 is 11.6 Å². The molecule has 94 valence electrons. The summed E-state index contributed by atoms with van der Waals surface area (Å²) in [7, 11) is 2.16. The average molecular weight is 253 g/mol. The molecule has 0 radical (unpaired) electrons. The highest BCUT2D eigenvalue weighted by atomic mass is 35.5. The van der Waals surface area contributed by atoms with Gasteiger partial charge in [-0.1, -0.05) is 23.7 Å². The molecule has 0 aromatic heterocycles. The van der Waals surface area contributed by atoms with E-state index in [2.05, 4.69) is 30.3 Å². The van der Waals surface area contributed by atoms with Crippen molar-refractivity contribution in [3.63, 3.8) is 0 Å². The molecule has 1 saturated carbocycles. The summed E-state index contributed by atoms with van der Waals surface area (Å²) in [5.41, 5.74) is 2.53. The van der Waals surface area contributed by atoms with Crippen LogP contribution in [0.1, 0.15) is 24.0 Å². The van der Waals surface area contributed by atoms with Crippen molar-refractivity contribution in [1.29, 1.82) is 0 Å². The SMILES string of the molecule is Cc1c(Cl)cccc1CN(C)CCNC1CC1. The molecular weight excluding hydrogens is 232 g/mol. The van der Waals surface area contributed by atoms with Gasteiger partial charge >= 0.3 is 0 Å². The van der Waals surface area contributed by atoms with Crippen LogP contribution in [0.25, 0.3) is 0 Å². The predicted molar refractivity (Wildman–Crippen MR) is 73.5 cm³/mol. The maximum atomic E-state index is 6.12. The molecule has 0 saturated heterocycles. The molecule has 0 heterocycles. The zero-order valence-electron chi connectivity index (χ0n) is 10.7. The van der Waals surface area contributed by atoms with Crippen LogP contribution in [-0.4, -0.2) is 31.1 Å². The molecule has 2 nitrogen and oxygen atoms in total. The monoisotopic (exact) mass is 252 g/mol. The molecular formula is C14H21ClN2. The summed E-state index contributed by atoms with van der Waals surface area (Å²) in [5, 5.41) is 4.40. The average Bonchev–Trinajstić information content (AvgIpc) is 3.09. The van der Waals surface area contributed by atoms with Crippen LogP contribution in [0.5, 0.6) is 0 Å². The summed E-state index contributed by atoms with van der Waals surface area (Å²) in [6.07, 6.45) is 2.72. The third-order valence-electron chi connectivity index (χ3n) is 3.32. The highest BCUT2D eigenvalue weighted by molar-refractivity contribution is 6.31. The summed E-state index contributed by atoms with van der Waals surface area (Å²) >= 11 is 6.12. The number of hydrogen-bond donors (Lipinski definition) is 1. The predicted octanol–water partition coefficient (Wildman–Crippen LogP) is 2.83. The number of benzene rings is 1. The third kappa shape index (κ3) is 3.98. The van der Waals surface area contributed by atoms with Crippen molar-refractivity contribution in [1.82, 2.24) is 10.2 Å². The van der Waals surface area contributed by atoms with Crippen LogP contribution in [0.4, 0.5) is 0 Å². The molecule has 3 heteroatoms. The molecule has 0 bridgehead atoms. The molecule has 1 N–H and O–H groups in total. The number of likely N-dealkylation sites (N-methyl/N-ethyl adjacent to an activating group) is 1. The van der Waals surface area contributed by atoms with Crippen LogP contribution in [0.2, 0.25) is 5.02 Å². The second-order valence-corrected chi connectivity index (χ2v) is 5.40. The van der Waals surface area contributed by atoms with Gasteiger partial charge in [0.15, 0.2) is 0 Å². The Morgan fingerprint density at radius 2 is 2.18 bits per heavy atom. The van der Waals surface area contributed by atoms with Crippen molar-refractivity contribution < 1.29 is 0 Å². The number of halogens is 1. The first kappa shape index (κ1) is 12.9. The van der Waals surface area contributed by atoms with E-state index in [0.29, 0.717) is 0 Å². The van der Waals surface area contributed by atoms with E-state index in [4.69, 9.17) is 11.6 Å². The summed E-state index contributed by atoms with van der Waals surface area (Å²) in [5.74, 6) is 0. The fourth-order valence-corrected chi connectivity index (χ4v) is 2.13. The van der Waals surface area contributed by atoms with Crippen molar-refractivity contribution in [2.45, 2.75) is 32.4 Å². The van der Waals surface area contributed by atoms with Crippen molar-refractivity contribution in [2.75, 3.05) is 20.1 Å². The second kappa shape index (κ2) is 5.85. The zero-order chi connectivity index (χ0) is 12.3. The van der Waals surface area contributed by atoms with Crippen molar-refractivity contribution >= 4 is 11.6 Å². The van der Waals surface area contributed by atoms with E-state index in [1.54, 1.807) is 0 Å². The maximum Gasteiger partial charge on any atom is 0.0438 e. The molecule has 0 aliphatic heterocycles. The van der Waals surface area contributed by atoms with Crippen molar-refractivity contribution in [3.05, 3.63) is 34.3 Å². The van der Waals surface area contributed by atoms with Gasteiger partial charge in [-0.25, -0.2) is 0 Å². The summed E-state index contributed by atoms with van der Waals surface area (Å²) in [6, 6.07) is 6.94. The van der Waals surface area contributed by atoms with Gasteiger partial charge in [0.05, 0.1) is 0 Å². The Kier molecular flexibility index (Phi) is 4.43. The van der Waals surface area contributed by atoms with Crippen LogP contribution in [0, 0.1) is 6.92 Å². The molecule has 1 aliphatic rings. The Hall–Kier alpha value is -0.570. The van der Waals surface area contributed by atoms with Gasteiger partial charge in [0, 0.05) is 30.7 Å². The van der Waals surface area contributed by atoms with E-state index in [9.17, 15) is 0 Å².